The molecule has 116 valence electrons. The number of aromatic nitrogens is 1. The summed E-state index contributed by atoms with van der Waals surface area (Å²) in [6, 6.07) is 7.91. The highest BCUT2D eigenvalue weighted by Crippen LogP contribution is 2.32. The lowest BCUT2D eigenvalue weighted by Gasteiger charge is -2.06. The molecule has 22 heavy (non-hydrogen) atoms. The average molecular weight is 318 g/mol. The monoisotopic (exact) mass is 318 g/mol. The van der Waals surface area contributed by atoms with Crippen LogP contribution in [0.25, 0.3) is 11.3 Å². The predicted octanol–water partition coefficient (Wildman–Crippen LogP) is 3.52. The van der Waals surface area contributed by atoms with Crippen molar-refractivity contribution >= 4 is 28.3 Å². The number of thiazole rings is 1. The number of hydrogen-bond donors (Lipinski definition) is 2. The van der Waals surface area contributed by atoms with Gasteiger partial charge in [0.2, 0.25) is 5.91 Å². The van der Waals surface area contributed by atoms with Crippen molar-refractivity contribution in [2.24, 2.45) is 0 Å². The van der Waals surface area contributed by atoms with Crippen molar-refractivity contribution in [2.45, 2.75) is 33.1 Å². The van der Waals surface area contributed by atoms with E-state index in [2.05, 4.69) is 24.1 Å². The Hall–Kier alpha value is -2.21. The summed E-state index contributed by atoms with van der Waals surface area (Å²) in [7, 11) is 0. The van der Waals surface area contributed by atoms with Crippen LogP contribution in [0, 0.1) is 0 Å². The fourth-order valence-electron chi connectivity index (χ4n) is 2.06. The first kappa shape index (κ1) is 16.2. The number of aliphatic carboxylic acids is 1. The van der Waals surface area contributed by atoms with E-state index < -0.39 is 5.97 Å². The maximum Gasteiger partial charge on any atom is 0.308 e. The molecule has 0 unspecified atom stereocenters. The molecule has 0 spiro atoms. The number of carboxylic acids is 1. The van der Waals surface area contributed by atoms with Crippen molar-refractivity contribution in [3.05, 3.63) is 34.7 Å². The average Bonchev–Trinajstić information content (AvgIpc) is 2.79. The number of benzene rings is 1. The molecule has 0 fully saturated rings. The summed E-state index contributed by atoms with van der Waals surface area (Å²) in [6.45, 7) is 5.63. The van der Waals surface area contributed by atoms with Crippen molar-refractivity contribution < 1.29 is 14.7 Å². The van der Waals surface area contributed by atoms with Gasteiger partial charge in [-0.2, -0.15) is 0 Å². The van der Waals surface area contributed by atoms with Crippen LogP contribution in [0.3, 0.4) is 0 Å². The first-order chi connectivity index (χ1) is 10.4. The third-order valence-corrected chi connectivity index (χ3v) is 4.11. The molecule has 1 aromatic heterocycles. The second-order valence-corrected chi connectivity index (χ2v) is 6.40. The number of carbonyl (C=O) groups excluding carboxylic acids is 1. The van der Waals surface area contributed by atoms with Gasteiger partial charge in [0.05, 0.1) is 12.1 Å². The Bertz CT molecular complexity index is 690. The lowest BCUT2D eigenvalue weighted by atomic mass is 10.0. The fourth-order valence-corrected chi connectivity index (χ4v) is 3.09. The number of carboxylic acid groups (broad SMARTS) is 1. The minimum absolute atomic E-state index is 0.113. The van der Waals surface area contributed by atoms with E-state index in [-0.39, 0.29) is 12.3 Å². The molecule has 1 amide bonds. The summed E-state index contributed by atoms with van der Waals surface area (Å²) in [4.78, 5) is 27.2. The number of anilines is 1. The van der Waals surface area contributed by atoms with Gasteiger partial charge in [-0.3, -0.25) is 9.59 Å². The van der Waals surface area contributed by atoms with Gasteiger partial charge in [0.1, 0.15) is 0 Å². The van der Waals surface area contributed by atoms with E-state index in [1.807, 2.05) is 24.3 Å². The van der Waals surface area contributed by atoms with Crippen LogP contribution < -0.4 is 5.32 Å². The van der Waals surface area contributed by atoms with Crippen LogP contribution in [-0.2, 0) is 16.0 Å². The third kappa shape index (κ3) is 3.92. The van der Waals surface area contributed by atoms with Gasteiger partial charge in [0, 0.05) is 17.4 Å². The molecule has 5 nitrogen and oxygen atoms in total. The molecular weight excluding hydrogens is 300 g/mol. The molecule has 2 rings (SSSR count). The lowest BCUT2D eigenvalue weighted by molar-refractivity contribution is -0.136. The minimum Gasteiger partial charge on any atom is -0.481 e. The number of nitrogens with one attached hydrogen (secondary N) is 1. The Balaban J connectivity index is 2.40. The van der Waals surface area contributed by atoms with Gasteiger partial charge in [-0.05, 0) is 11.5 Å². The lowest BCUT2D eigenvalue weighted by Crippen LogP contribution is -2.04. The zero-order chi connectivity index (χ0) is 16.3. The summed E-state index contributed by atoms with van der Waals surface area (Å²) in [6.07, 6.45) is -0.113. The van der Waals surface area contributed by atoms with Gasteiger partial charge in [-0.1, -0.05) is 38.1 Å². The van der Waals surface area contributed by atoms with E-state index >= 15 is 0 Å². The maximum atomic E-state index is 11.2. The van der Waals surface area contributed by atoms with Crippen LogP contribution in [0.2, 0.25) is 0 Å². The van der Waals surface area contributed by atoms with Crippen molar-refractivity contribution in [3.8, 4) is 11.3 Å². The second kappa shape index (κ2) is 6.70. The SMILES string of the molecule is CC(=O)Nc1nc(-c2ccc(C(C)C)cc2)c(CC(=O)O)s1. The predicted molar refractivity (Wildman–Crippen MR) is 87.3 cm³/mol. The van der Waals surface area contributed by atoms with E-state index in [4.69, 9.17) is 5.11 Å². The molecule has 2 N–H and O–H groups in total. The van der Waals surface area contributed by atoms with Gasteiger partial charge in [-0.15, -0.1) is 11.3 Å². The topological polar surface area (TPSA) is 79.3 Å². The molecule has 0 saturated heterocycles. The van der Waals surface area contributed by atoms with E-state index in [0.29, 0.717) is 21.6 Å². The smallest absolute Gasteiger partial charge is 0.308 e. The van der Waals surface area contributed by atoms with Crippen LogP contribution in [0.1, 0.15) is 37.1 Å². The van der Waals surface area contributed by atoms with Gasteiger partial charge < -0.3 is 10.4 Å². The second-order valence-electron chi connectivity index (χ2n) is 5.32. The van der Waals surface area contributed by atoms with Crippen molar-refractivity contribution in [2.75, 3.05) is 5.32 Å². The Morgan fingerprint density at radius 3 is 2.41 bits per heavy atom. The summed E-state index contributed by atoms with van der Waals surface area (Å²) >= 11 is 1.20. The fraction of sp³-hybridized carbons (Fsp3) is 0.312. The number of rotatable bonds is 5. The molecular formula is C16H18N2O3S. The molecule has 0 aliphatic rings. The van der Waals surface area contributed by atoms with Crippen LogP contribution in [0.4, 0.5) is 5.13 Å². The molecule has 1 heterocycles. The summed E-state index contributed by atoms with van der Waals surface area (Å²) in [5.41, 5.74) is 2.68. The standard InChI is InChI=1S/C16H18N2O3S/c1-9(2)11-4-6-12(7-5-11)15-13(8-14(20)21)22-16(18-15)17-10(3)19/h4-7,9H,8H2,1-3H3,(H,20,21)(H,17,18,19). The molecule has 0 bridgehead atoms. The Kier molecular flexibility index (Phi) is 4.92. The Morgan fingerprint density at radius 2 is 1.91 bits per heavy atom. The van der Waals surface area contributed by atoms with E-state index in [9.17, 15) is 9.59 Å². The molecule has 0 atom stereocenters. The summed E-state index contributed by atoms with van der Waals surface area (Å²) < 4.78 is 0. The maximum absolute atomic E-state index is 11.2. The van der Waals surface area contributed by atoms with Gasteiger partial charge in [-0.25, -0.2) is 4.98 Å². The van der Waals surface area contributed by atoms with Crippen molar-refractivity contribution in [1.82, 2.24) is 4.98 Å². The number of carbonyl (C=O) groups is 2. The third-order valence-electron chi connectivity index (χ3n) is 3.14. The Labute approximate surface area is 133 Å². The van der Waals surface area contributed by atoms with Crippen LogP contribution in [0.5, 0.6) is 0 Å². The van der Waals surface area contributed by atoms with E-state index in [1.165, 1.54) is 23.8 Å². The molecule has 0 saturated carbocycles. The highest BCUT2D eigenvalue weighted by Gasteiger charge is 2.16. The van der Waals surface area contributed by atoms with E-state index in [1.54, 1.807) is 0 Å². The van der Waals surface area contributed by atoms with Crippen LogP contribution in [0.15, 0.2) is 24.3 Å². The number of hydrogen-bond acceptors (Lipinski definition) is 4. The minimum atomic E-state index is -0.918. The molecule has 6 heteroatoms. The van der Waals surface area contributed by atoms with Gasteiger partial charge in [0.25, 0.3) is 0 Å². The van der Waals surface area contributed by atoms with Gasteiger partial charge >= 0.3 is 5.97 Å². The highest BCUT2D eigenvalue weighted by molar-refractivity contribution is 7.16. The van der Waals surface area contributed by atoms with E-state index in [0.717, 1.165) is 5.56 Å². The van der Waals surface area contributed by atoms with Crippen molar-refractivity contribution in [1.29, 1.82) is 0 Å². The zero-order valence-electron chi connectivity index (χ0n) is 12.7. The number of nitrogens with zero attached hydrogens (tertiary/aromatic N) is 1. The molecule has 0 aliphatic carbocycles. The first-order valence-electron chi connectivity index (χ1n) is 6.96. The molecule has 0 aliphatic heterocycles. The largest absolute Gasteiger partial charge is 0.481 e. The molecule has 1 aromatic carbocycles. The van der Waals surface area contributed by atoms with Crippen LogP contribution in [-0.4, -0.2) is 22.0 Å². The number of amides is 1. The molecule has 2 aromatic rings. The zero-order valence-corrected chi connectivity index (χ0v) is 13.5. The van der Waals surface area contributed by atoms with Gasteiger partial charge in [0.15, 0.2) is 5.13 Å². The molecule has 0 radical (unpaired) electrons. The summed E-state index contributed by atoms with van der Waals surface area (Å²) in [5.74, 6) is -0.715. The van der Waals surface area contributed by atoms with Crippen LogP contribution >= 0.6 is 11.3 Å². The quantitative estimate of drug-likeness (QED) is 0.884. The highest BCUT2D eigenvalue weighted by atomic mass is 32.1. The normalized spacial score (nSPS) is 10.7. The Morgan fingerprint density at radius 1 is 1.27 bits per heavy atom. The first-order valence-corrected chi connectivity index (χ1v) is 7.78. The van der Waals surface area contributed by atoms with Crippen molar-refractivity contribution in [3.63, 3.8) is 0 Å². The summed E-state index contributed by atoms with van der Waals surface area (Å²) in [5, 5.41) is 12.1.